The number of H-pyrrole nitrogens is 1. The van der Waals surface area contributed by atoms with Gasteiger partial charge in [0.15, 0.2) is 5.65 Å². The van der Waals surface area contributed by atoms with Gasteiger partial charge in [0.2, 0.25) is 0 Å². The number of aromatic nitrogens is 4. The number of thioether (sulfide) groups is 1. The molecule has 5 nitrogen and oxygen atoms in total. The van der Waals surface area contributed by atoms with Crippen molar-refractivity contribution < 1.29 is 0 Å². The summed E-state index contributed by atoms with van der Waals surface area (Å²) in [7, 11) is 0. The molecule has 0 fully saturated rings. The van der Waals surface area contributed by atoms with E-state index < -0.39 is 0 Å². The summed E-state index contributed by atoms with van der Waals surface area (Å²) in [6.45, 7) is 1.98. The average molecular weight is 320 g/mol. The second kappa shape index (κ2) is 6.01. The van der Waals surface area contributed by atoms with Crippen LogP contribution in [0.5, 0.6) is 0 Å². The van der Waals surface area contributed by atoms with Crippen LogP contribution < -0.4 is 5.73 Å². The Hall–Kier alpha value is -1.63. The molecule has 3 rings (SSSR count). The summed E-state index contributed by atoms with van der Waals surface area (Å²) < 4.78 is 0. The average Bonchev–Trinajstić information content (AvgIpc) is 2.95. The van der Waals surface area contributed by atoms with Gasteiger partial charge in [0.25, 0.3) is 0 Å². The van der Waals surface area contributed by atoms with Crippen LogP contribution in [0.2, 0.25) is 5.02 Å². The number of rotatable bonds is 4. The van der Waals surface area contributed by atoms with E-state index in [4.69, 9.17) is 17.3 Å². The predicted octanol–water partition coefficient (Wildman–Crippen LogP) is 3.19. The quantitative estimate of drug-likeness (QED) is 0.570. The van der Waals surface area contributed by atoms with Crippen molar-refractivity contribution in [3.63, 3.8) is 0 Å². The SMILES string of the molecule is CC(N)C(Sc1ncnc2nc[nH]c12)c1ccc(Cl)cc1. The normalized spacial score (nSPS) is 14.2. The van der Waals surface area contributed by atoms with Crippen LogP contribution in [0.15, 0.2) is 41.9 Å². The lowest BCUT2D eigenvalue weighted by molar-refractivity contribution is 0.720. The Morgan fingerprint density at radius 1 is 1.19 bits per heavy atom. The molecule has 0 saturated carbocycles. The molecule has 108 valence electrons. The Morgan fingerprint density at radius 2 is 1.95 bits per heavy atom. The third kappa shape index (κ3) is 3.02. The summed E-state index contributed by atoms with van der Waals surface area (Å²) in [5.74, 6) is 0. The molecule has 21 heavy (non-hydrogen) atoms. The van der Waals surface area contributed by atoms with Crippen LogP contribution in [0.3, 0.4) is 0 Å². The summed E-state index contributed by atoms with van der Waals surface area (Å²) in [5, 5.41) is 1.63. The molecule has 1 aromatic carbocycles. The topological polar surface area (TPSA) is 80.5 Å². The van der Waals surface area contributed by atoms with Crippen molar-refractivity contribution in [2.24, 2.45) is 5.73 Å². The highest BCUT2D eigenvalue weighted by Crippen LogP contribution is 2.38. The molecule has 0 aliphatic heterocycles. The van der Waals surface area contributed by atoms with Crippen molar-refractivity contribution in [2.45, 2.75) is 23.2 Å². The molecule has 0 spiro atoms. The summed E-state index contributed by atoms with van der Waals surface area (Å²) in [5.41, 5.74) is 8.76. The van der Waals surface area contributed by atoms with E-state index in [1.54, 1.807) is 18.1 Å². The lowest BCUT2D eigenvalue weighted by Gasteiger charge is -2.20. The van der Waals surface area contributed by atoms with Crippen molar-refractivity contribution in [3.8, 4) is 0 Å². The van der Waals surface area contributed by atoms with Crippen LogP contribution in [0.1, 0.15) is 17.7 Å². The van der Waals surface area contributed by atoms with E-state index in [0.717, 1.165) is 16.1 Å². The maximum atomic E-state index is 6.15. The molecule has 3 N–H and O–H groups in total. The van der Waals surface area contributed by atoms with Crippen molar-refractivity contribution in [1.29, 1.82) is 0 Å². The maximum absolute atomic E-state index is 6.15. The van der Waals surface area contributed by atoms with Gasteiger partial charge in [0.05, 0.1) is 11.6 Å². The monoisotopic (exact) mass is 319 g/mol. The van der Waals surface area contributed by atoms with Crippen LogP contribution in [0.4, 0.5) is 0 Å². The van der Waals surface area contributed by atoms with E-state index in [1.165, 1.54) is 6.33 Å². The third-order valence-electron chi connectivity index (χ3n) is 3.10. The van der Waals surface area contributed by atoms with Crippen LogP contribution in [-0.2, 0) is 0 Å². The molecule has 0 bridgehead atoms. The number of halogens is 1. The second-order valence-electron chi connectivity index (χ2n) is 4.73. The maximum Gasteiger partial charge on any atom is 0.181 e. The fourth-order valence-corrected chi connectivity index (χ4v) is 3.33. The Bertz CT molecular complexity index is 740. The second-order valence-corrected chi connectivity index (χ2v) is 6.30. The molecular weight excluding hydrogens is 306 g/mol. The number of nitrogens with one attached hydrogen (secondary N) is 1. The Labute approximate surface area is 131 Å². The van der Waals surface area contributed by atoms with Crippen LogP contribution in [0.25, 0.3) is 11.2 Å². The van der Waals surface area contributed by atoms with E-state index in [-0.39, 0.29) is 11.3 Å². The Morgan fingerprint density at radius 3 is 2.67 bits per heavy atom. The van der Waals surface area contributed by atoms with E-state index in [0.29, 0.717) is 10.7 Å². The van der Waals surface area contributed by atoms with Gasteiger partial charge in [-0.2, -0.15) is 0 Å². The minimum Gasteiger partial charge on any atom is -0.341 e. The molecular formula is C14H14ClN5S. The minimum absolute atomic E-state index is 0.0379. The first kappa shape index (κ1) is 14.3. The van der Waals surface area contributed by atoms with Gasteiger partial charge in [-0.15, -0.1) is 0 Å². The highest BCUT2D eigenvalue weighted by Gasteiger charge is 2.20. The van der Waals surface area contributed by atoms with E-state index in [1.807, 2.05) is 31.2 Å². The van der Waals surface area contributed by atoms with Gasteiger partial charge >= 0.3 is 0 Å². The standard InChI is InChI=1S/C14H14ClN5S/c1-8(16)12(9-2-4-10(15)5-3-9)21-14-11-13(18-6-17-11)19-7-20-14/h2-8,12H,16H2,1H3,(H,17,18,19,20). The van der Waals surface area contributed by atoms with Gasteiger partial charge in [0, 0.05) is 11.1 Å². The number of aromatic amines is 1. The summed E-state index contributed by atoms with van der Waals surface area (Å²) >= 11 is 7.55. The van der Waals surface area contributed by atoms with Gasteiger partial charge in [-0.25, -0.2) is 15.0 Å². The highest BCUT2D eigenvalue weighted by molar-refractivity contribution is 7.99. The van der Waals surface area contributed by atoms with Gasteiger partial charge < -0.3 is 10.7 Å². The van der Waals surface area contributed by atoms with E-state index in [2.05, 4.69) is 19.9 Å². The van der Waals surface area contributed by atoms with Gasteiger partial charge in [-0.1, -0.05) is 35.5 Å². The summed E-state index contributed by atoms with van der Waals surface area (Å²) in [6.07, 6.45) is 3.14. The van der Waals surface area contributed by atoms with Gasteiger partial charge in [-0.3, -0.25) is 0 Å². The van der Waals surface area contributed by atoms with Crippen molar-refractivity contribution in [1.82, 2.24) is 19.9 Å². The molecule has 0 aliphatic carbocycles. The molecule has 3 aromatic rings. The number of fused-ring (bicyclic) bond motifs is 1. The largest absolute Gasteiger partial charge is 0.341 e. The molecule has 2 heterocycles. The number of hydrogen-bond donors (Lipinski definition) is 2. The smallest absolute Gasteiger partial charge is 0.181 e. The van der Waals surface area contributed by atoms with E-state index in [9.17, 15) is 0 Å². The van der Waals surface area contributed by atoms with Gasteiger partial charge in [0.1, 0.15) is 16.9 Å². The first-order valence-electron chi connectivity index (χ1n) is 6.47. The molecule has 0 amide bonds. The number of nitrogens with zero attached hydrogens (tertiary/aromatic N) is 3. The molecule has 0 aliphatic rings. The zero-order chi connectivity index (χ0) is 14.8. The summed E-state index contributed by atoms with van der Waals surface area (Å²) in [4.78, 5) is 15.7. The van der Waals surface area contributed by atoms with Crippen LogP contribution in [-0.4, -0.2) is 26.0 Å². The van der Waals surface area contributed by atoms with Crippen molar-refractivity contribution >= 4 is 34.5 Å². The molecule has 0 radical (unpaired) electrons. The minimum atomic E-state index is -0.0379. The van der Waals surface area contributed by atoms with Crippen molar-refractivity contribution in [2.75, 3.05) is 0 Å². The lowest BCUT2D eigenvalue weighted by atomic mass is 10.1. The number of benzene rings is 1. The number of nitrogens with two attached hydrogens (primary N) is 1. The fourth-order valence-electron chi connectivity index (χ4n) is 2.08. The first-order chi connectivity index (χ1) is 10.1. The highest BCUT2D eigenvalue weighted by atomic mass is 35.5. The first-order valence-corrected chi connectivity index (χ1v) is 7.72. The zero-order valence-corrected chi connectivity index (χ0v) is 12.9. The molecule has 7 heteroatoms. The fraction of sp³-hybridized carbons (Fsp3) is 0.214. The van der Waals surface area contributed by atoms with Crippen LogP contribution in [0, 0.1) is 0 Å². The summed E-state index contributed by atoms with van der Waals surface area (Å²) in [6, 6.07) is 7.70. The molecule has 2 aromatic heterocycles. The zero-order valence-electron chi connectivity index (χ0n) is 11.3. The molecule has 2 atom stereocenters. The number of hydrogen-bond acceptors (Lipinski definition) is 5. The molecule has 2 unspecified atom stereocenters. The Balaban J connectivity index is 1.95. The Kier molecular flexibility index (Phi) is 4.10. The number of imidazole rings is 1. The third-order valence-corrected chi connectivity index (χ3v) is 4.84. The van der Waals surface area contributed by atoms with Crippen LogP contribution >= 0.6 is 23.4 Å². The molecule has 0 saturated heterocycles. The predicted molar refractivity (Wildman–Crippen MR) is 85.4 cm³/mol. The van der Waals surface area contributed by atoms with Gasteiger partial charge in [-0.05, 0) is 24.6 Å². The van der Waals surface area contributed by atoms with E-state index >= 15 is 0 Å². The lowest BCUT2D eigenvalue weighted by Crippen LogP contribution is -2.22. The van der Waals surface area contributed by atoms with Crippen molar-refractivity contribution in [3.05, 3.63) is 47.5 Å².